The fourth-order valence-electron chi connectivity index (χ4n) is 2.52. The van der Waals surface area contributed by atoms with Gasteiger partial charge in [0.25, 0.3) is 0 Å². The first-order valence-corrected chi connectivity index (χ1v) is 5.62. The highest BCUT2D eigenvalue weighted by Gasteiger charge is 2.32. The summed E-state index contributed by atoms with van der Waals surface area (Å²) in [5, 5.41) is 29.2. The summed E-state index contributed by atoms with van der Waals surface area (Å²) in [5.41, 5.74) is 0.789. The smallest absolute Gasteiger partial charge is 0.105 e. The van der Waals surface area contributed by atoms with Crippen LogP contribution in [0, 0.1) is 5.92 Å². The molecule has 0 aromatic rings. The zero-order valence-electron chi connectivity index (χ0n) is 8.71. The standard InChI is InChI=1S/C12H18O3/c13-10-6-2-1-4-8(10)9-5-3-7-11(14)12(9)15/h3,5,7-8,10-15H,1-2,4,6H2. The van der Waals surface area contributed by atoms with Crippen LogP contribution >= 0.6 is 0 Å². The maximum Gasteiger partial charge on any atom is 0.105 e. The van der Waals surface area contributed by atoms with Crippen LogP contribution in [0.4, 0.5) is 0 Å². The molecule has 1 saturated carbocycles. The van der Waals surface area contributed by atoms with E-state index in [0.29, 0.717) is 0 Å². The highest BCUT2D eigenvalue weighted by molar-refractivity contribution is 5.28. The molecule has 0 aromatic heterocycles. The molecule has 2 aliphatic carbocycles. The number of allylic oxidation sites excluding steroid dienone is 2. The summed E-state index contributed by atoms with van der Waals surface area (Å²) in [6, 6.07) is 0. The van der Waals surface area contributed by atoms with Crippen LogP contribution in [0.2, 0.25) is 0 Å². The van der Waals surface area contributed by atoms with Crippen LogP contribution in [0.5, 0.6) is 0 Å². The van der Waals surface area contributed by atoms with Crippen LogP contribution in [0.3, 0.4) is 0 Å². The number of rotatable bonds is 1. The number of hydrogen-bond acceptors (Lipinski definition) is 3. The van der Waals surface area contributed by atoms with Gasteiger partial charge in [0.05, 0.1) is 6.10 Å². The van der Waals surface area contributed by atoms with Gasteiger partial charge < -0.3 is 15.3 Å². The second-order valence-corrected chi connectivity index (χ2v) is 4.45. The topological polar surface area (TPSA) is 60.7 Å². The molecule has 0 heterocycles. The largest absolute Gasteiger partial charge is 0.393 e. The molecule has 0 spiro atoms. The highest BCUT2D eigenvalue weighted by atomic mass is 16.3. The molecule has 4 atom stereocenters. The van der Waals surface area contributed by atoms with E-state index in [2.05, 4.69) is 0 Å². The fraction of sp³-hybridized carbons (Fsp3) is 0.667. The number of aliphatic hydroxyl groups is 3. The number of aliphatic hydroxyl groups excluding tert-OH is 3. The van der Waals surface area contributed by atoms with Crippen LogP contribution in [-0.4, -0.2) is 33.6 Å². The summed E-state index contributed by atoms with van der Waals surface area (Å²) in [6.07, 6.45) is 6.99. The average molecular weight is 210 g/mol. The van der Waals surface area contributed by atoms with Gasteiger partial charge in [0, 0.05) is 5.92 Å². The van der Waals surface area contributed by atoms with E-state index in [1.807, 2.05) is 6.08 Å². The fourth-order valence-corrected chi connectivity index (χ4v) is 2.52. The molecule has 1 fully saturated rings. The minimum Gasteiger partial charge on any atom is -0.393 e. The lowest BCUT2D eigenvalue weighted by Gasteiger charge is -2.34. The van der Waals surface area contributed by atoms with Crippen molar-refractivity contribution in [3.05, 3.63) is 23.8 Å². The SMILES string of the molecule is OC1C=CC=C(C2CCCCC2O)C1O. The molecular formula is C12H18O3. The summed E-state index contributed by atoms with van der Waals surface area (Å²) in [4.78, 5) is 0. The third kappa shape index (κ3) is 2.14. The zero-order chi connectivity index (χ0) is 10.8. The van der Waals surface area contributed by atoms with Gasteiger partial charge in [-0.1, -0.05) is 31.1 Å². The van der Waals surface area contributed by atoms with Crippen molar-refractivity contribution in [3.63, 3.8) is 0 Å². The summed E-state index contributed by atoms with van der Waals surface area (Å²) < 4.78 is 0. The van der Waals surface area contributed by atoms with E-state index in [1.165, 1.54) is 0 Å². The monoisotopic (exact) mass is 210 g/mol. The first kappa shape index (κ1) is 10.9. The molecule has 0 amide bonds. The van der Waals surface area contributed by atoms with Gasteiger partial charge in [0.2, 0.25) is 0 Å². The van der Waals surface area contributed by atoms with E-state index >= 15 is 0 Å². The van der Waals surface area contributed by atoms with Crippen molar-refractivity contribution in [1.82, 2.24) is 0 Å². The van der Waals surface area contributed by atoms with Crippen molar-refractivity contribution in [2.24, 2.45) is 5.92 Å². The first-order valence-electron chi connectivity index (χ1n) is 5.62. The van der Waals surface area contributed by atoms with Crippen LogP contribution in [0.1, 0.15) is 25.7 Å². The summed E-state index contributed by atoms with van der Waals surface area (Å²) >= 11 is 0. The van der Waals surface area contributed by atoms with Crippen LogP contribution in [-0.2, 0) is 0 Å². The minimum absolute atomic E-state index is 0.0216. The predicted molar refractivity (Wildman–Crippen MR) is 57.2 cm³/mol. The zero-order valence-corrected chi connectivity index (χ0v) is 8.71. The maximum absolute atomic E-state index is 9.87. The Morgan fingerprint density at radius 2 is 1.80 bits per heavy atom. The van der Waals surface area contributed by atoms with Gasteiger partial charge in [-0.2, -0.15) is 0 Å². The molecule has 3 nitrogen and oxygen atoms in total. The molecule has 0 radical (unpaired) electrons. The third-order valence-corrected chi connectivity index (χ3v) is 3.42. The summed E-state index contributed by atoms with van der Waals surface area (Å²) in [5.74, 6) is 0.0216. The lowest BCUT2D eigenvalue weighted by molar-refractivity contribution is 0.0349. The molecule has 4 unspecified atom stereocenters. The Morgan fingerprint density at radius 3 is 2.53 bits per heavy atom. The van der Waals surface area contributed by atoms with Crippen molar-refractivity contribution >= 4 is 0 Å². The summed E-state index contributed by atoms with van der Waals surface area (Å²) in [7, 11) is 0. The van der Waals surface area contributed by atoms with Crippen molar-refractivity contribution in [3.8, 4) is 0 Å². The Bertz CT molecular complexity index is 283. The Hall–Kier alpha value is -0.640. The second-order valence-electron chi connectivity index (χ2n) is 4.45. The Labute approximate surface area is 89.7 Å². The van der Waals surface area contributed by atoms with E-state index in [9.17, 15) is 15.3 Å². The normalized spacial score (nSPS) is 41.4. The molecule has 0 bridgehead atoms. The molecule has 15 heavy (non-hydrogen) atoms. The van der Waals surface area contributed by atoms with Crippen molar-refractivity contribution in [2.75, 3.05) is 0 Å². The molecule has 0 aromatic carbocycles. The van der Waals surface area contributed by atoms with E-state index in [4.69, 9.17) is 0 Å². The highest BCUT2D eigenvalue weighted by Crippen LogP contribution is 2.33. The molecule has 0 aliphatic heterocycles. The van der Waals surface area contributed by atoms with Gasteiger partial charge in [-0.05, 0) is 18.4 Å². The van der Waals surface area contributed by atoms with Gasteiger partial charge in [-0.25, -0.2) is 0 Å². The van der Waals surface area contributed by atoms with Crippen LogP contribution < -0.4 is 0 Å². The lowest BCUT2D eigenvalue weighted by atomic mass is 9.77. The first-order chi connectivity index (χ1) is 7.20. The molecule has 0 saturated heterocycles. The van der Waals surface area contributed by atoms with E-state index < -0.39 is 12.2 Å². The average Bonchev–Trinajstić information content (AvgIpc) is 2.23. The number of hydrogen-bond donors (Lipinski definition) is 3. The van der Waals surface area contributed by atoms with Gasteiger partial charge in [0.1, 0.15) is 12.2 Å². The van der Waals surface area contributed by atoms with Gasteiger partial charge in [0.15, 0.2) is 0 Å². The van der Waals surface area contributed by atoms with Gasteiger partial charge >= 0.3 is 0 Å². The van der Waals surface area contributed by atoms with Crippen molar-refractivity contribution < 1.29 is 15.3 Å². The summed E-state index contributed by atoms with van der Waals surface area (Å²) in [6.45, 7) is 0. The minimum atomic E-state index is -0.840. The quantitative estimate of drug-likeness (QED) is 0.598. The Kier molecular flexibility index (Phi) is 3.24. The Balaban J connectivity index is 2.14. The van der Waals surface area contributed by atoms with Crippen LogP contribution in [0.25, 0.3) is 0 Å². The molecule has 2 aliphatic rings. The van der Waals surface area contributed by atoms with Crippen molar-refractivity contribution in [2.45, 2.75) is 44.0 Å². The lowest BCUT2D eigenvalue weighted by Crippen LogP contribution is -2.36. The Morgan fingerprint density at radius 1 is 1.07 bits per heavy atom. The van der Waals surface area contributed by atoms with E-state index in [0.717, 1.165) is 31.3 Å². The second kappa shape index (κ2) is 4.47. The molecule has 2 rings (SSSR count). The molecule has 84 valence electrons. The molecule has 3 N–H and O–H groups in total. The molecule has 3 heteroatoms. The maximum atomic E-state index is 9.87. The van der Waals surface area contributed by atoms with Gasteiger partial charge in [-0.15, -0.1) is 0 Å². The third-order valence-electron chi connectivity index (χ3n) is 3.42. The van der Waals surface area contributed by atoms with Crippen molar-refractivity contribution in [1.29, 1.82) is 0 Å². The van der Waals surface area contributed by atoms with E-state index in [-0.39, 0.29) is 12.0 Å². The predicted octanol–water partition coefficient (Wildman–Crippen LogP) is 0.755. The van der Waals surface area contributed by atoms with E-state index in [1.54, 1.807) is 12.2 Å². The van der Waals surface area contributed by atoms with Gasteiger partial charge in [-0.3, -0.25) is 0 Å². The molecular weight excluding hydrogens is 192 g/mol. The van der Waals surface area contributed by atoms with Crippen LogP contribution in [0.15, 0.2) is 23.8 Å².